The topological polar surface area (TPSA) is 60.2 Å². The van der Waals surface area contributed by atoms with Gasteiger partial charge in [-0.15, -0.1) is 0 Å². The van der Waals surface area contributed by atoms with Crippen molar-refractivity contribution in [1.82, 2.24) is 14.8 Å². The van der Waals surface area contributed by atoms with Crippen LogP contribution in [0.25, 0.3) is 16.5 Å². The normalized spacial score (nSPS) is 16.8. The lowest BCUT2D eigenvalue weighted by Gasteiger charge is -2.30. The Hall–Kier alpha value is -3.23. The number of amides is 1. The molecule has 1 fully saturated rings. The Kier molecular flexibility index (Phi) is 8.79. The summed E-state index contributed by atoms with van der Waals surface area (Å²) in [6.07, 6.45) is 8.65. The molecular formula is C29H36N4O. The van der Waals surface area contributed by atoms with E-state index in [9.17, 15) is 4.79 Å². The first kappa shape index (κ1) is 25.4. The van der Waals surface area contributed by atoms with Gasteiger partial charge in [0, 0.05) is 35.8 Å². The van der Waals surface area contributed by atoms with Crippen LogP contribution in [0.2, 0.25) is 0 Å². The fraction of sp³-hybridized carbons (Fsp3) is 0.414. The van der Waals surface area contributed by atoms with Gasteiger partial charge in [-0.1, -0.05) is 38.6 Å². The highest BCUT2D eigenvalue weighted by molar-refractivity contribution is 6.07. The van der Waals surface area contributed by atoms with E-state index < -0.39 is 0 Å². The Morgan fingerprint density at radius 3 is 2.79 bits per heavy atom. The van der Waals surface area contributed by atoms with Gasteiger partial charge < -0.3 is 9.80 Å². The van der Waals surface area contributed by atoms with Crippen LogP contribution in [-0.2, 0) is 0 Å². The molecule has 1 aromatic heterocycles. The lowest BCUT2D eigenvalue weighted by Crippen LogP contribution is -2.43. The number of carbonyl (C=O) groups excluding carboxylic acids is 1. The number of aryl methyl sites for hydroxylation is 1. The lowest BCUT2D eigenvalue weighted by atomic mass is 9.99. The van der Waals surface area contributed by atoms with Crippen LogP contribution >= 0.6 is 0 Å². The van der Waals surface area contributed by atoms with Crippen LogP contribution in [0.3, 0.4) is 0 Å². The number of nitrogens with zero attached hydrogens (tertiary/aromatic N) is 4. The van der Waals surface area contributed by atoms with Gasteiger partial charge in [-0.2, -0.15) is 5.26 Å². The Balaban J connectivity index is 2.01. The van der Waals surface area contributed by atoms with E-state index in [-0.39, 0.29) is 11.9 Å². The van der Waals surface area contributed by atoms with E-state index in [1.54, 1.807) is 19.1 Å². The zero-order valence-corrected chi connectivity index (χ0v) is 21.0. The van der Waals surface area contributed by atoms with Crippen molar-refractivity contribution < 1.29 is 4.79 Å². The summed E-state index contributed by atoms with van der Waals surface area (Å²) in [5, 5.41) is 9.91. The van der Waals surface area contributed by atoms with Crippen molar-refractivity contribution >= 4 is 22.4 Å². The van der Waals surface area contributed by atoms with Crippen LogP contribution in [-0.4, -0.2) is 52.9 Å². The zero-order valence-electron chi connectivity index (χ0n) is 21.0. The molecule has 1 unspecified atom stereocenters. The lowest BCUT2D eigenvalue weighted by molar-refractivity contribution is 0.0703. The molecule has 1 aromatic carbocycles. The van der Waals surface area contributed by atoms with Crippen molar-refractivity contribution in [1.29, 1.82) is 5.26 Å². The van der Waals surface area contributed by atoms with Gasteiger partial charge in [0.05, 0.1) is 17.1 Å². The Morgan fingerprint density at radius 1 is 1.32 bits per heavy atom. The molecule has 5 nitrogen and oxygen atoms in total. The summed E-state index contributed by atoms with van der Waals surface area (Å²) >= 11 is 0. The number of hydrogen-bond acceptors (Lipinski definition) is 4. The molecule has 5 heteroatoms. The van der Waals surface area contributed by atoms with E-state index in [0.29, 0.717) is 11.1 Å². The molecule has 1 saturated heterocycles. The molecule has 178 valence electrons. The number of aromatic nitrogens is 1. The molecule has 0 spiro atoms. The van der Waals surface area contributed by atoms with Crippen LogP contribution in [0.1, 0.15) is 61.6 Å². The minimum Gasteiger partial charge on any atom is -0.334 e. The zero-order chi connectivity index (χ0) is 24.7. The molecule has 1 aliphatic heterocycles. The van der Waals surface area contributed by atoms with Crippen LogP contribution in [0, 0.1) is 18.3 Å². The van der Waals surface area contributed by atoms with E-state index in [4.69, 9.17) is 5.26 Å². The SMILES string of the molecule is C=C/C(=C\C=C(/C)C#N)c1ccc2nc(C)cc(C(=O)N3CCCC3CN(CC)CCC)c2c1. The number of pyridine rings is 1. The third-order valence-corrected chi connectivity index (χ3v) is 6.50. The monoisotopic (exact) mass is 456 g/mol. The van der Waals surface area contributed by atoms with Crippen LogP contribution < -0.4 is 0 Å². The van der Waals surface area contributed by atoms with Crippen molar-refractivity contribution in [3.05, 3.63) is 71.5 Å². The van der Waals surface area contributed by atoms with Gasteiger partial charge in [0.1, 0.15) is 0 Å². The third-order valence-electron chi connectivity index (χ3n) is 6.50. The van der Waals surface area contributed by atoms with Crippen molar-refractivity contribution in [2.75, 3.05) is 26.2 Å². The second kappa shape index (κ2) is 11.8. The molecule has 34 heavy (non-hydrogen) atoms. The van der Waals surface area contributed by atoms with E-state index in [0.717, 1.165) is 73.2 Å². The molecule has 0 saturated carbocycles. The second-order valence-corrected chi connectivity index (χ2v) is 9.02. The van der Waals surface area contributed by atoms with Crippen LogP contribution in [0.5, 0.6) is 0 Å². The number of carbonyl (C=O) groups is 1. The molecular weight excluding hydrogens is 420 g/mol. The summed E-state index contributed by atoms with van der Waals surface area (Å²) in [6, 6.07) is 10.3. The predicted molar refractivity (Wildman–Crippen MR) is 140 cm³/mol. The van der Waals surface area contributed by atoms with Gasteiger partial charge in [0.15, 0.2) is 0 Å². The number of benzene rings is 1. The average Bonchev–Trinajstić information content (AvgIpc) is 3.31. The highest BCUT2D eigenvalue weighted by Crippen LogP contribution is 2.28. The average molecular weight is 457 g/mol. The maximum Gasteiger partial charge on any atom is 0.254 e. The Bertz CT molecular complexity index is 1150. The van der Waals surface area contributed by atoms with Crippen molar-refractivity contribution in [2.45, 2.75) is 53.0 Å². The standard InChI is InChI=1S/C29H36N4O/c1-6-15-32(8-3)20-25-10-9-16-33(25)29(34)27-17-22(5)31-28-14-13-24(18-26(27)28)23(7-2)12-11-21(4)19-30/h7,11-14,17-18,25H,2,6,8-10,15-16,20H2,1,3-5H3/b21-11+,23-12+. The summed E-state index contributed by atoms with van der Waals surface area (Å²) in [4.78, 5) is 23.1. The minimum absolute atomic E-state index is 0.0899. The Morgan fingerprint density at radius 2 is 2.12 bits per heavy atom. The fourth-order valence-electron chi connectivity index (χ4n) is 4.69. The molecule has 0 radical (unpaired) electrons. The molecule has 1 aliphatic rings. The summed E-state index contributed by atoms with van der Waals surface area (Å²) in [7, 11) is 0. The summed E-state index contributed by atoms with van der Waals surface area (Å²) in [5.74, 6) is 0.0899. The van der Waals surface area contributed by atoms with Gasteiger partial charge in [-0.05, 0) is 81.6 Å². The van der Waals surface area contributed by atoms with Gasteiger partial charge in [-0.3, -0.25) is 9.78 Å². The molecule has 1 amide bonds. The quantitative estimate of drug-likeness (QED) is 0.347. The summed E-state index contributed by atoms with van der Waals surface area (Å²) in [5.41, 5.74) is 4.83. The first-order valence-corrected chi connectivity index (χ1v) is 12.3. The number of rotatable bonds is 9. The van der Waals surface area contributed by atoms with Crippen molar-refractivity contribution in [2.24, 2.45) is 0 Å². The molecule has 2 aromatic rings. The van der Waals surface area contributed by atoms with Crippen LogP contribution in [0.15, 0.2) is 54.6 Å². The molecule has 1 atom stereocenters. The summed E-state index contributed by atoms with van der Waals surface area (Å²) < 4.78 is 0. The first-order chi connectivity index (χ1) is 16.4. The predicted octanol–water partition coefficient (Wildman–Crippen LogP) is 5.92. The van der Waals surface area contributed by atoms with Crippen molar-refractivity contribution in [3.8, 4) is 6.07 Å². The van der Waals surface area contributed by atoms with Gasteiger partial charge >= 0.3 is 0 Å². The van der Waals surface area contributed by atoms with E-state index in [2.05, 4.69) is 41.3 Å². The maximum atomic E-state index is 13.9. The third kappa shape index (κ3) is 5.81. The molecule has 3 rings (SSSR count). The largest absolute Gasteiger partial charge is 0.334 e. The van der Waals surface area contributed by atoms with Gasteiger partial charge in [0.2, 0.25) is 0 Å². The number of allylic oxidation sites excluding steroid dienone is 5. The molecule has 0 N–H and O–H groups in total. The van der Waals surface area contributed by atoms with E-state index in [1.807, 2.05) is 37.3 Å². The highest BCUT2D eigenvalue weighted by atomic mass is 16.2. The maximum absolute atomic E-state index is 13.9. The number of fused-ring (bicyclic) bond motifs is 1. The fourth-order valence-corrected chi connectivity index (χ4v) is 4.69. The highest BCUT2D eigenvalue weighted by Gasteiger charge is 2.31. The smallest absolute Gasteiger partial charge is 0.254 e. The minimum atomic E-state index is 0.0899. The molecule has 0 aliphatic carbocycles. The number of nitriles is 1. The van der Waals surface area contributed by atoms with E-state index >= 15 is 0 Å². The number of hydrogen-bond donors (Lipinski definition) is 0. The molecule has 2 heterocycles. The van der Waals surface area contributed by atoms with Crippen molar-refractivity contribution in [3.63, 3.8) is 0 Å². The first-order valence-electron chi connectivity index (χ1n) is 12.3. The van der Waals surface area contributed by atoms with Crippen LogP contribution in [0.4, 0.5) is 0 Å². The number of likely N-dealkylation sites (N-methyl/N-ethyl adjacent to an activating group) is 1. The number of likely N-dealkylation sites (tertiary alicyclic amines) is 1. The second-order valence-electron chi connectivity index (χ2n) is 9.02. The van der Waals surface area contributed by atoms with E-state index in [1.165, 1.54) is 0 Å². The van der Waals surface area contributed by atoms with Gasteiger partial charge in [0.25, 0.3) is 5.91 Å². The Labute approximate surface area is 204 Å². The molecule has 0 bridgehead atoms. The summed E-state index contributed by atoms with van der Waals surface area (Å²) in [6.45, 7) is 15.8. The van der Waals surface area contributed by atoms with Gasteiger partial charge in [-0.25, -0.2) is 0 Å².